The van der Waals surface area contributed by atoms with Crippen LogP contribution in [0, 0.1) is 12.8 Å². The van der Waals surface area contributed by atoms with E-state index in [0.717, 1.165) is 11.4 Å². The smallest absolute Gasteiger partial charge is 0.264 e. The number of hydrogen-bond acceptors (Lipinski definition) is 6. The maximum absolute atomic E-state index is 12.4. The summed E-state index contributed by atoms with van der Waals surface area (Å²) in [6.45, 7) is 11.7. The summed E-state index contributed by atoms with van der Waals surface area (Å²) in [5.74, 6) is 0.492. The number of rotatable bonds is 4. The van der Waals surface area contributed by atoms with E-state index < -0.39 is 11.5 Å². The lowest BCUT2D eigenvalue weighted by atomic mass is 9.95. The minimum atomic E-state index is -0.519. The van der Waals surface area contributed by atoms with Crippen LogP contribution in [0.25, 0.3) is 0 Å². The van der Waals surface area contributed by atoms with Gasteiger partial charge in [0.15, 0.2) is 0 Å². The van der Waals surface area contributed by atoms with E-state index >= 15 is 0 Å². The number of carbonyl (C=O) groups excluding carboxylic acids is 1. The molecule has 130 valence electrons. The summed E-state index contributed by atoms with van der Waals surface area (Å²) in [7, 11) is 0. The largest absolute Gasteiger partial charge is 0.309 e. The van der Waals surface area contributed by atoms with E-state index in [1.54, 1.807) is 6.92 Å². The first-order valence-corrected chi connectivity index (χ1v) is 8.64. The zero-order chi connectivity index (χ0) is 18.1. The zero-order valence-electron chi connectivity index (χ0n) is 14.9. The van der Waals surface area contributed by atoms with Crippen LogP contribution in [0.15, 0.2) is 4.79 Å². The van der Waals surface area contributed by atoms with Gasteiger partial charge in [0.25, 0.3) is 11.5 Å². The van der Waals surface area contributed by atoms with Crippen LogP contribution in [0.1, 0.15) is 61.5 Å². The molecule has 0 saturated carbocycles. The molecule has 0 saturated heterocycles. The van der Waals surface area contributed by atoms with E-state index in [1.165, 1.54) is 11.3 Å². The van der Waals surface area contributed by atoms with Gasteiger partial charge in [0.1, 0.15) is 16.4 Å². The molecular formula is C16H23N5O2S. The second kappa shape index (κ2) is 6.80. The molecule has 0 aliphatic carbocycles. The Bertz CT molecular complexity index is 802. The Morgan fingerprint density at radius 3 is 2.50 bits per heavy atom. The van der Waals surface area contributed by atoms with Crippen LogP contribution in [-0.4, -0.2) is 26.1 Å². The molecule has 8 heteroatoms. The maximum Gasteiger partial charge on any atom is 0.264 e. The highest BCUT2D eigenvalue weighted by Gasteiger charge is 2.22. The van der Waals surface area contributed by atoms with Crippen LogP contribution in [0.4, 0.5) is 5.13 Å². The minimum Gasteiger partial charge on any atom is -0.309 e. The molecule has 7 nitrogen and oxygen atoms in total. The van der Waals surface area contributed by atoms with E-state index in [2.05, 4.69) is 39.3 Å². The predicted molar refractivity (Wildman–Crippen MR) is 94.7 cm³/mol. The van der Waals surface area contributed by atoms with Gasteiger partial charge >= 0.3 is 0 Å². The standard InChI is InChI=1S/C16H23N5O2S/c1-8(2)7-10-20-21-15(24-10)19-13(23)11-9(3)17-14(16(4,5)6)18-12(11)22/h8H,7H2,1-6H3,(H,17,18,22)(H,19,21,23). The molecule has 0 aliphatic rings. The first-order chi connectivity index (χ1) is 11.1. The highest BCUT2D eigenvalue weighted by Crippen LogP contribution is 2.20. The second-order valence-electron chi connectivity index (χ2n) is 7.18. The number of H-pyrrole nitrogens is 1. The minimum absolute atomic E-state index is 0.00334. The number of hydrogen-bond donors (Lipinski definition) is 2. The molecule has 0 bridgehead atoms. The first kappa shape index (κ1) is 18.3. The molecule has 0 radical (unpaired) electrons. The van der Waals surface area contributed by atoms with E-state index in [-0.39, 0.29) is 11.0 Å². The second-order valence-corrected chi connectivity index (χ2v) is 8.24. The molecule has 2 aromatic rings. The average Bonchev–Trinajstić information content (AvgIpc) is 2.82. The summed E-state index contributed by atoms with van der Waals surface area (Å²) >= 11 is 1.32. The molecule has 24 heavy (non-hydrogen) atoms. The first-order valence-electron chi connectivity index (χ1n) is 7.83. The number of amides is 1. The van der Waals surface area contributed by atoms with Crippen molar-refractivity contribution in [1.29, 1.82) is 0 Å². The number of aromatic nitrogens is 4. The molecule has 0 unspecified atom stereocenters. The van der Waals surface area contributed by atoms with Crippen molar-refractivity contribution in [1.82, 2.24) is 20.2 Å². The van der Waals surface area contributed by atoms with Gasteiger partial charge in [-0.15, -0.1) is 10.2 Å². The molecule has 0 aliphatic heterocycles. The Hall–Kier alpha value is -2.09. The van der Waals surface area contributed by atoms with Gasteiger partial charge in [0, 0.05) is 11.8 Å². The summed E-state index contributed by atoms with van der Waals surface area (Å²) in [5.41, 5.74) is -0.349. The number of aryl methyl sites for hydroxylation is 1. The summed E-state index contributed by atoms with van der Waals surface area (Å²) in [6.07, 6.45) is 0.801. The van der Waals surface area contributed by atoms with Crippen LogP contribution >= 0.6 is 11.3 Å². The lowest BCUT2D eigenvalue weighted by Gasteiger charge is -2.18. The van der Waals surface area contributed by atoms with Gasteiger partial charge in [-0.3, -0.25) is 14.9 Å². The van der Waals surface area contributed by atoms with Gasteiger partial charge in [-0.05, 0) is 12.8 Å². The monoisotopic (exact) mass is 349 g/mol. The van der Waals surface area contributed by atoms with Gasteiger partial charge in [0.05, 0.1) is 5.69 Å². The van der Waals surface area contributed by atoms with E-state index in [9.17, 15) is 9.59 Å². The third kappa shape index (κ3) is 4.25. The van der Waals surface area contributed by atoms with Crippen LogP contribution in [0.5, 0.6) is 0 Å². The molecule has 2 aromatic heterocycles. The number of anilines is 1. The number of nitrogens with one attached hydrogen (secondary N) is 2. The zero-order valence-corrected chi connectivity index (χ0v) is 15.7. The Morgan fingerprint density at radius 1 is 1.29 bits per heavy atom. The Balaban J connectivity index is 2.24. The van der Waals surface area contributed by atoms with Crippen molar-refractivity contribution >= 4 is 22.4 Å². The fourth-order valence-corrected chi connectivity index (χ4v) is 3.05. The van der Waals surface area contributed by atoms with E-state index in [0.29, 0.717) is 22.6 Å². The van der Waals surface area contributed by atoms with Crippen LogP contribution in [0.2, 0.25) is 0 Å². The molecule has 0 aromatic carbocycles. The molecule has 2 N–H and O–H groups in total. The highest BCUT2D eigenvalue weighted by atomic mass is 32.1. The molecule has 2 rings (SSSR count). The fraction of sp³-hybridized carbons (Fsp3) is 0.562. The maximum atomic E-state index is 12.4. The lowest BCUT2D eigenvalue weighted by molar-refractivity contribution is 0.102. The van der Waals surface area contributed by atoms with Gasteiger partial charge in [0.2, 0.25) is 5.13 Å². The van der Waals surface area contributed by atoms with Gasteiger partial charge < -0.3 is 4.98 Å². The Kier molecular flexibility index (Phi) is 5.17. The number of aromatic amines is 1. The Morgan fingerprint density at radius 2 is 1.96 bits per heavy atom. The SMILES string of the molecule is Cc1nc(C(C)(C)C)[nH]c(=O)c1C(=O)Nc1nnc(CC(C)C)s1. The van der Waals surface area contributed by atoms with Gasteiger partial charge in [-0.1, -0.05) is 46.0 Å². The van der Waals surface area contributed by atoms with Crippen LogP contribution < -0.4 is 10.9 Å². The number of nitrogens with zero attached hydrogens (tertiary/aromatic N) is 3. The topological polar surface area (TPSA) is 101 Å². The van der Waals surface area contributed by atoms with Crippen molar-refractivity contribution in [2.75, 3.05) is 5.32 Å². The van der Waals surface area contributed by atoms with Crippen molar-refractivity contribution < 1.29 is 4.79 Å². The predicted octanol–water partition coefficient (Wildman–Crippen LogP) is 2.68. The van der Waals surface area contributed by atoms with E-state index in [4.69, 9.17) is 0 Å². The van der Waals surface area contributed by atoms with Crippen molar-refractivity contribution in [3.63, 3.8) is 0 Å². The quantitative estimate of drug-likeness (QED) is 0.884. The third-order valence-electron chi connectivity index (χ3n) is 3.31. The number of carbonyl (C=O) groups is 1. The van der Waals surface area contributed by atoms with Crippen LogP contribution in [0.3, 0.4) is 0 Å². The van der Waals surface area contributed by atoms with Crippen molar-refractivity contribution in [2.24, 2.45) is 5.92 Å². The summed E-state index contributed by atoms with van der Waals surface area (Å²) in [4.78, 5) is 31.8. The highest BCUT2D eigenvalue weighted by molar-refractivity contribution is 7.15. The van der Waals surface area contributed by atoms with Gasteiger partial charge in [-0.2, -0.15) is 0 Å². The summed E-state index contributed by atoms with van der Waals surface area (Å²) < 4.78 is 0. The molecule has 0 spiro atoms. The lowest BCUT2D eigenvalue weighted by Crippen LogP contribution is -2.30. The molecule has 0 fully saturated rings. The van der Waals surface area contributed by atoms with Crippen molar-refractivity contribution in [3.05, 3.63) is 32.4 Å². The van der Waals surface area contributed by atoms with E-state index in [1.807, 2.05) is 20.8 Å². The van der Waals surface area contributed by atoms with Gasteiger partial charge in [-0.25, -0.2) is 4.98 Å². The van der Waals surface area contributed by atoms with Crippen molar-refractivity contribution in [3.8, 4) is 0 Å². The molecule has 1 amide bonds. The molecule has 0 atom stereocenters. The fourth-order valence-electron chi connectivity index (χ4n) is 2.10. The normalized spacial score (nSPS) is 11.8. The molecular weight excluding hydrogens is 326 g/mol. The summed E-state index contributed by atoms with van der Waals surface area (Å²) in [5, 5.41) is 11.9. The van der Waals surface area contributed by atoms with Crippen molar-refractivity contribution in [2.45, 2.75) is 53.4 Å². The summed E-state index contributed by atoms with van der Waals surface area (Å²) in [6, 6.07) is 0. The van der Waals surface area contributed by atoms with Crippen LogP contribution in [-0.2, 0) is 11.8 Å². The Labute approximate surface area is 144 Å². The third-order valence-corrected chi connectivity index (χ3v) is 4.17. The molecule has 2 heterocycles. The average molecular weight is 349 g/mol.